The van der Waals surface area contributed by atoms with Crippen LogP contribution in [-0.2, 0) is 4.79 Å². The average Bonchev–Trinajstić information content (AvgIpc) is 2.83. The van der Waals surface area contributed by atoms with E-state index in [0.717, 1.165) is 19.3 Å². The van der Waals surface area contributed by atoms with Crippen LogP contribution in [0.5, 0.6) is 5.75 Å². The molecule has 1 aromatic carbocycles. The zero-order valence-corrected chi connectivity index (χ0v) is 13.7. The maximum atomic E-state index is 12.8. The summed E-state index contributed by atoms with van der Waals surface area (Å²) in [5.74, 6) is 0.650. The smallest absolute Gasteiger partial charge is 0.325 e. The Morgan fingerprint density at radius 2 is 2.08 bits per heavy atom. The van der Waals surface area contributed by atoms with Crippen molar-refractivity contribution < 1.29 is 14.3 Å². The van der Waals surface area contributed by atoms with E-state index in [1.54, 1.807) is 24.3 Å². The second-order valence-corrected chi connectivity index (χ2v) is 6.49. The molecule has 126 valence electrons. The van der Waals surface area contributed by atoms with Gasteiger partial charge in [-0.25, -0.2) is 4.79 Å². The van der Waals surface area contributed by atoms with Gasteiger partial charge in [0.25, 0.3) is 5.91 Å². The normalized spacial score (nSPS) is 26.3. The fourth-order valence-corrected chi connectivity index (χ4v) is 3.58. The summed E-state index contributed by atoms with van der Waals surface area (Å²) in [4.78, 5) is 26.3. The number of nitrogens with zero attached hydrogens (tertiary/aromatic N) is 2. The lowest BCUT2D eigenvalue weighted by molar-refractivity contribution is -0.134. The van der Waals surface area contributed by atoms with Gasteiger partial charge in [-0.15, -0.1) is 0 Å². The van der Waals surface area contributed by atoms with Gasteiger partial charge in [0.2, 0.25) is 0 Å². The van der Waals surface area contributed by atoms with E-state index in [1.165, 1.54) is 4.90 Å². The molecule has 6 heteroatoms. The number of imide groups is 1. The molecule has 2 atom stereocenters. The van der Waals surface area contributed by atoms with Crippen molar-refractivity contribution in [1.82, 2.24) is 10.2 Å². The minimum absolute atomic E-state index is 0.122. The zero-order valence-electron chi connectivity index (χ0n) is 13.7. The van der Waals surface area contributed by atoms with Gasteiger partial charge in [0.15, 0.2) is 0 Å². The summed E-state index contributed by atoms with van der Waals surface area (Å²) < 4.78 is 5.58. The number of nitrogens with one attached hydrogen (secondary N) is 1. The van der Waals surface area contributed by atoms with Gasteiger partial charge in [0.05, 0.1) is 18.2 Å². The number of urea groups is 1. The van der Waals surface area contributed by atoms with Crippen molar-refractivity contribution in [1.29, 1.82) is 5.26 Å². The minimum atomic E-state index is -0.718. The standard InChI is InChI=1S/C18H21N3O3/c1-13-4-2-3-9-18(13)16(22)21(17(23)20-18)10-11-24-15-7-5-14(12-19)6-8-15/h5-8,13H,2-4,9-11H2,1H3,(H,20,23)/t13-,18-/m1/s1. The minimum Gasteiger partial charge on any atom is -0.492 e. The first kappa shape index (κ1) is 16.3. The van der Waals surface area contributed by atoms with Crippen LogP contribution in [0.4, 0.5) is 4.79 Å². The first-order valence-electron chi connectivity index (χ1n) is 8.34. The van der Waals surface area contributed by atoms with Crippen LogP contribution in [0, 0.1) is 17.2 Å². The lowest BCUT2D eigenvalue weighted by atomic mass is 9.73. The number of benzene rings is 1. The van der Waals surface area contributed by atoms with E-state index in [4.69, 9.17) is 10.00 Å². The number of hydrogen-bond donors (Lipinski definition) is 1. The van der Waals surface area contributed by atoms with Crippen LogP contribution in [-0.4, -0.2) is 35.5 Å². The highest BCUT2D eigenvalue weighted by atomic mass is 16.5. The van der Waals surface area contributed by atoms with Crippen molar-refractivity contribution in [3.05, 3.63) is 29.8 Å². The van der Waals surface area contributed by atoms with Crippen LogP contribution in [0.2, 0.25) is 0 Å². The first-order valence-corrected chi connectivity index (χ1v) is 8.34. The Bertz CT molecular complexity index is 680. The van der Waals surface area contributed by atoms with E-state index in [1.807, 2.05) is 13.0 Å². The van der Waals surface area contributed by atoms with Gasteiger partial charge in [-0.1, -0.05) is 19.8 Å². The second-order valence-electron chi connectivity index (χ2n) is 6.49. The monoisotopic (exact) mass is 327 g/mol. The molecule has 0 aromatic heterocycles. The molecule has 1 heterocycles. The number of amides is 3. The lowest BCUT2D eigenvalue weighted by Crippen LogP contribution is -2.54. The van der Waals surface area contributed by atoms with Crippen molar-refractivity contribution in [2.24, 2.45) is 5.92 Å². The highest BCUT2D eigenvalue weighted by Gasteiger charge is 2.54. The molecule has 1 saturated carbocycles. The molecule has 1 aliphatic heterocycles. The fraction of sp³-hybridized carbons (Fsp3) is 0.500. The van der Waals surface area contributed by atoms with Gasteiger partial charge in [-0.2, -0.15) is 5.26 Å². The highest BCUT2D eigenvalue weighted by molar-refractivity contribution is 6.07. The van der Waals surface area contributed by atoms with E-state index in [-0.39, 0.29) is 31.0 Å². The second kappa shape index (κ2) is 6.52. The molecule has 3 rings (SSSR count). The number of nitriles is 1. The zero-order chi connectivity index (χ0) is 17.2. The summed E-state index contributed by atoms with van der Waals surface area (Å²) in [5, 5.41) is 11.7. The molecule has 6 nitrogen and oxygen atoms in total. The molecule has 0 bridgehead atoms. The number of carbonyl (C=O) groups excluding carboxylic acids is 2. The Balaban J connectivity index is 1.60. The van der Waals surface area contributed by atoms with Crippen LogP contribution in [0.1, 0.15) is 38.2 Å². The van der Waals surface area contributed by atoms with E-state index >= 15 is 0 Å². The third kappa shape index (κ3) is 2.82. The summed E-state index contributed by atoms with van der Waals surface area (Å²) in [6.07, 6.45) is 3.74. The van der Waals surface area contributed by atoms with Gasteiger partial charge in [-0.05, 0) is 43.0 Å². The Labute approximate surface area is 141 Å². The van der Waals surface area contributed by atoms with Crippen molar-refractivity contribution in [3.8, 4) is 11.8 Å². The molecule has 0 unspecified atom stereocenters. The fourth-order valence-electron chi connectivity index (χ4n) is 3.58. The van der Waals surface area contributed by atoms with E-state index in [0.29, 0.717) is 17.7 Å². The van der Waals surface area contributed by atoms with Crippen molar-refractivity contribution >= 4 is 11.9 Å². The summed E-state index contributed by atoms with van der Waals surface area (Å²) >= 11 is 0. The van der Waals surface area contributed by atoms with Crippen molar-refractivity contribution in [2.45, 2.75) is 38.1 Å². The molecule has 1 aliphatic carbocycles. The number of hydrogen-bond acceptors (Lipinski definition) is 4. The number of ether oxygens (including phenoxy) is 1. The summed E-state index contributed by atoms with van der Waals surface area (Å²) in [5.41, 5.74) is -0.159. The predicted octanol–water partition coefficient (Wildman–Crippen LogP) is 2.44. The molecule has 1 saturated heterocycles. The van der Waals surface area contributed by atoms with Crippen LogP contribution in [0.15, 0.2) is 24.3 Å². The average molecular weight is 327 g/mol. The van der Waals surface area contributed by atoms with Crippen LogP contribution < -0.4 is 10.1 Å². The summed E-state index contributed by atoms with van der Waals surface area (Å²) in [7, 11) is 0. The van der Waals surface area contributed by atoms with E-state index in [2.05, 4.69) is 5.32 Å². The third-order valence-electron chi connectivity index (χ3n) is 5.07. The summed E-state index contributed by atoms with van der Waals surface area (Å²) in [6, 6.07) is 8.46. The first-order chi connectivity index (χ1) is 11.6. The molecule has 3 amide bonds. The highest BCUT2D eigenvalue weighted by Crippen LogP contribution is 2.38. The van der Waals surface area contributed by atoms with Crippen LogP contribution in [0.3, 0.4) is 0 Å². The largest absolute Gasteiger partial charge is 0.492 e. The topological polar surface area (TPSA) is 82.4 Å². The molecule has 2 fully saturated rings. The molecule has 1 aromatic rings. The molecular formula is C18H21N3O3. The molecule has 1 spiro atoms. The maximum absolute atomic E-state index is 12.8. The molecule has 2 aliphatic rings. The lowest BCUT2D eigenvalue weighted by Gasteiger charge is -2.36. The van der Waals surface area contributed by atoms with Gasteiger partial charge >= 0.3 is 6.03 Å². The molecular weight excluding hydrogens is 306 g/mol. The van der Waals surface area contributed by atoms with Gasteiger partial charge in [0, 0.05) is 0 Å². The Hall–Kier alpha value is -2.55. The molecule has 24 heavy (non-hydrogen) atoms. The van der Waals surface area contributed by atoms with Gasteiger partial charge in [0.1, 0.15) is 17.9 Å². The molecule has 1 N–H and O–H groups in total. The summed E-state index contributed by atoms with van der Waals surface area (Å²) in [6.45, 7) is 2.49. The van der Waals surface area contributed by atoms with Crippen molar-refractivity contribution in [3.63, 3.8) is 0 Å². The Kier molecular flexibility index (Phi) is 4.43. The molecule has 0 radical (unpaired) electrons. The quantitative estimate of drug-likeness (QED) is 0.861. The maximum Gasteiger partial charge on any atom is 0.325 e. The Morgan fingerprint density at radius 3 is 2.75 bits per heavy atom. The van der Waals surface area contributed by atoms with Crippen LogP contribution in [0.25, 0.3) is 0 Å². The predicted molar refractivity (Wildman–Crippen MR) is 87.3 cm³/mol. The van der Waals surface area contributed by atoms with Crippen molar-refractivity contribution in [2.75, 3.05) is 13.2 Å². The Morgan fingerprint density at radius 1 is 1.33 bits per heavy atom. The van der Waals surface area contributed by atoms with E-state index in [9.17, 15) is 9.59 Å². The third-order valence-corrected chi connectivity index (χ3v) is 5.07. The number of rotatable bonds is 4. The van der Waals surface area contributed by atoms with Crippen LogP contribution >= 0.6 is 0 Å². The number of carbonyl (C=O) groups is 2. The van der Waals surface area contributed by atoms with Gasteiger partial charge in [-0.3, -0.25) is 9.69 Å². The van der Waals surface area contributed by atoms with E-state index < -0.39 is 5.54 Å². The SMILES string of the molecule is C[C@@H]1CCCC[C@@]12NC(=O)N(CCOc1ccc(C#N)cc1)C2=O. The van der Waals surface area contributed by atoms with Gasteiger partial charge < -0.3 is 10.1 Å².